The fraction of sp³-hybridized carbons (Fsp3) is 0.500. The van der Waals surface area contributed by atoms with Crippen LogP contribution in [0.15, 0.2) is 30.3 Å². The standard InChI is InChI=1S/C16H18F2N2O/c17-16(18)9-7-13(8-10-16)15(21)20(12-4-11-19)14-5-2-1-3-6-14/h1-3,5-6,13H,4,7-10,12H2. The normalized spacial score (nSPS) is 18.0. The Labute approximate surface area is 123 Å². The second kappa shape index (κ2) is 6.66. The van der Waals surface area contributed by atoms with Gasteiger partial charge in [0.15, 0.2) is 0 Å². The Kier molecular flexibility index (Phi) is 4.89. The molecule has 1 aromatic carbocycles. The molecule has 5 heteroatoms. The van der Waals surface area contributed by atoms with Gasteiger partial charge in [-0.1, -0.05) is 18.2 Å². The van der Waals surface area contributed by atoms with Crippen LogP contribution in [0.3, 0.4) is 0 Å². The lowest BCUT2D eigenvalue weighted by atomic mass is 9.85. The van der Waals surface area contributed by atoms with Crippen molar-refractivity contribution >= 4 is 11.6 Å². The van der Waals surface area contributed by atoms with Gasteiger partial charge in [0.2, 0.25) is 11.8 Å². The van der Waals surface area contributed by atoms with E-state index in [-0.39, 0.29) is 43.9 Å². The van der Waals surface area contributed by atoms with Crippen LogP contribution in [0.4, 0.5) is 14.5 Å². The third kappa shape index (κ3) is 4.01. The van der Waals surface area contributed by atoms with Gasteiger partial charge in [-0.25, -0.2) is 8.78 Å². The molecule has 0 aromatic heterocycles. The van der Waals surface area contributed by atoms with Gasteiger partial charge in [-0.15, -0.1) is 0 Å². The summed E-state index contributed by atoms with van der Waals surface area (Å²) in [6.45, 7) is 0.298. The quantitative estimate of drug-likeness (QED) is 0.848. The number of alkyl halides is 2. The lowest BCUT2D eigenvalue weighted by Gasteiger charge is -2.31. The topological polar surface area (TPSA) is 44.1 Å². The van der Waals surface area contributed by atoms with E-state index in [1.165, 1.54) is 0 Å². The highest BCUT2D eigenvalue weighted by molar-refractivity contribution is 5.95. The molecule has 0 bridgehead atoms. The van der Waals surface area contributed by atoms with Crippen molar-refractivity contribution in [3.05, 3.63) is 30.3 Å². The molecule has 0 aliphatic heterocycles. The van der Waals surface area contributed by atoms with Crippen LogP contribution in [0, 0.1) is 17.2 Å². The molecule has 1 aliphatic carbocycles. The molecule has 0 radical (unpaired) electrons. The fourth-order valence-corrected chi connectivity index (χ4v) is 2.64. The fourth-order valence-electron chi connectivity index (χ4n) is 2.64. The third-order valence-corrected chi connectivity index (χ3v) is 3.85. The average Bonchev–Trinajstić information content (AvgIpc) is 2.48. The highest BCUT2D eigenvalue weighted by Gasteiger charge is 2.38. The van der Waals surface area contributed by atoms with Gasteiger partial charge in [0, 0.05) is 31.0 Å². The molecular formula is C16H18F2N2O. The lowest BCUT2D eigenvalue weighted by Crippen LogP contribution is -2.40. The Bertz CT molecular complexity index is 515. The number of carbonyl (C=O) groups excluding carboxylic acids is 1. The van der Waals surface area contributed by atoms with Gasteiger partial charge in [0.05, 0.1) is 12.5 Å². The summed E-state index contributed by atoms with van der Waals surface area (Å²) < 4.78 is 26.4. The first-order valence-corrected chi connectivity index (χ1v) is 7.15. The second-order valence-electron chi connectivity index (χ2n) is 5.36. The molecule has 1 saturated carbocycles. The Morgan fingerprint density at radius 2 is 1.90 bits per heavy atom. The van der Waals surface area contributed by atoms with Gasteiger partial charge in [-0.05, 0) is 25.0 Å². The number of para-hydroxylation sites is 1. The van der Waals surface area contributed by atoms with Gasteiger partial charge in [-0.3, -0.25) is 4.79 Å². The maximum atomic E-state index is 13.2. The summed E-state index contributed by atoms with van der Waals surface area (Å²) in [5, 5.41) is 8.74. The predicted molar refractivity (Wildman–Crippen MR) is 75.9 cm³/mol. The first-order chi connectivity index (χ1) is 10.0. The van der Waals surface area contributed by atoms with Crippen molar-refractivity contribution in [2.45, 2.75) is 38.0 Å². The molecule has 1 aromatic rings. The molecule has 0 atom stereocenters. The summed E-state index contributed by atoms with van der Waals surface area (Å²) in [6, 6.07) is 11.1. The molecule has 0 saturated heterocycles. The first kappa shape index (κ1) is 15.4. The number of nitriles is 1. The van der Waals surface area contributed by atoms with E-state index in [1.54, 1.807) is 17.0 Å². The molecule has 0 spiro atoms. The van der Waals surface area contributed by atoms with E-state index in [1.807, 2.05) is 24.3 Å². The summed E-state index contributed by atoms with van der Waals surface area (Å²) >= 11 is 0. The number of halogens is 2. The van der Waals surface area contributed by atoms with Crippen molar-refractivity contribution in [1.82, 2.24) is 0 Å². The van der Waals surface area contributed by atoms with Crippen molar-refractivity contribution < 1.29 is 13.6 Å². The van der Waals surface area contributed by atoms with Crippen LogP contribution in [-0.4, -0.2) is 18.4 Å². The Morgan fingerprint density at radius 3 is 2.48 bits per heavy atom. The number of nitrogens with zero attached hydrogens (tertiary/aromatic N) is 2. The largest absolute Gasteiger partial charge is 0.311 e. The van der Waals surface area contributed by atoms with Gasteiger partial charge in [0.25, 0.3) is 0 Å². The minimum absolute atomic E-state index is 0.146. The van der Waals surface area contributed by atoms with E-state index in [2.05, 4.69) is 0 Å². The van der Waals surface area contributed by atoms with Gasteiger partial charge in [0.1, 0.15) is 0 Å². The zero-order chi connectivity index (χ0) is 15.3. The van der Waals surface area contributed by atoms with Crippen LogP contribution in [0.1, 0.15) is 32.1 Å². The molecular weight excluding hydrogens is 274 g/mol. The number of anilines is 1. The van der Waals surface area contributed by atoms with Crippen molar-refractivity contribution in [3.8, 4) is 6.07 Å². The molecule has 1 amide bonds. The van der Waals surface area contributed by atoms with E-state index >= 15 is 0 Å². The summed E-state index contributed by atoms with van der Waals surface area (Å²) in [7, 11) is 0. The highest BCUT2D eigenvalue weighted by Crippen LogP contribution is 2.37. The maximum absolute atomic E-state index is 13.2. The van der Waals surface area contributed by atoms with E-state index in [0.29, 0.717) is 6.54 Å². The maximum Gasteiger partial charge on any atom is 0.248 e. The molecule has 0 unspecified atom stereocenters. The summed E-state index contributed by atoms with van der Waals surface area (Å²) in [5.74, 6) is -3.16. The molecule has 21 heavy (non-hydrogen) atoms. The van der Waals surface area contributed by atoms with Crippen LogP contribution in [0.5, 0.6) is 0 Å². The smallest absolute Gasteiger partial charge is 0.248 e. The van der Waals surface area contributed by atoms with Crippen molar-refractivity contribution in [1.29, 1.82) is 5.26 Å². The third-order valence-electron chi connectivity index (χ3n) is 3.85. The second-order valence-corrected chi connectivity index (χ2v) is 5.36. The average molecular weight is 292 g/mol. The monoisotopic (exact) mass is 292 g/mol. The van der Waals surface area contributed by atoms with Crippen LogP contribution >= 0.6 is 0 Å². The lowest BCUT2D eigenvalue weighted by molar-refractivity contribution is -0.126. The van der Waals surface area contributed by atoms with Crippen LogP contribution in [-0.2, 0) is 4.79 Å². The minimum Gasteiger partial charge on any atom is -0.311 e. The molecule has 112 valence electrons. The molecule has 0 N–H and O–H groups in total. The van der Waals surface area contributed by atoms with E-state index in [9.17, 15) is 13.6 Å². The zero-order valence-corrected chi connectivity index (χ0v) is 11.8. The van der Waals surface area contributed by atoms with Crippen molar-refractivity contribution in [3.63, 3.8) is 0 Å². The van der Waals surface area contributed by atoms with E-state index < -0.39 is 5.92 Å². The predicted octanol–water partition coefficient (Wildman–Crippen LogP) is 3.76. The Hall–Kier alpha value is -1.96. The van der Waals surface area contributed by atoms with Crippen molar-refractivity contribution in [2.24, 2.45) is 5.92 Å². The zero-order valence-electron chi connectivity index (χ0n) is 11.8. The molecule has 1 aliphatic rings. The Balaban J connectivity index is 2.10. The SMILES string of the molecule is N#CCCN(C(=O)C1CCC(F)(F)CC1)c1ccccc1. The first-order valence-electron chi connectivity index (χ1n) is 7.15. The number of carbonyl (C=O) groups is 1. The number of amides is 1. The summed E-state index contributed by atoms with van der Waals surface area (Å²) in [6.07, 6.45) is 0.182. The minimum atomic E-state index is -2.64. The van der Waals surface area contributed by atoms with Crippen LogP contribution in [0.2, 0.25) is 0 Å². The van der Waals surface area contributed by atoms with Gasteiger partial charge in [-0.2, -0.15) is 5.26 Å². The van der Waals surface area contributed by atoms with Crippen molar-refractivity contribution in [2.75, 3.05) is 11.4 Å². The van der Waals surface area contributed by atoms with E-state index in [0.717, 1.165) is 5.69 Å². The van der Waals surface area contributed by atoms with Gasteiger partial charge >= 0.3 is 0 Å². The number of hydrogen-bond donors (Lipinski definition) is 0. The van der Waals surface area contributed by atoms with Gasteiger partial charge < -0.3 is 4.90 Å². The summed E-state index contributed by atoms with van der Waals surface area (Å²) in [5.41, 5.74) is 0.718. The number of hydrogen-bond acceptors (Lipinski definition) is 2. The molecule has 3 nitrogen and oxygen atoms in total. The highest BCUT2D eigenvalue weighted by atomic mass is 19.3. The molecule has 2 rings (SSSR count). The number of rotatable bonds is 4. The summed E-state index contributed by atoms with van der Waals surface area (Å²) in [4.78, 5) is 14.1. The molecule has 0 heterocycles. The van der Waals surface area contributed by atoms with Crippen LogP contribution in [0.25, 0.3) is 0 Å². The van der Waals surface area contributed by atoms with E-state index in [4.69, 9.17) is 5.26 Å². The van der Waals surface area contributed by atoms with Crippen LogP contribution < -0.4 is 4.90 Å². The number of benzene rings is 1. The Morgan fingerprint density at radius 1 is 1.29 bits per heavy atom. The molecule has 1 fully saturated rings.